The monoisotopic (exact) mass is 263 g/mol. The Labute approximate surface area is 116 Å². The Morgan fingerprint density at radius 1 is 1.32 bits per heavy atom. The predicted octanol–water partition coefficient (Wildman–Crippen LogP) is 3.30. The van der Waals surface area contributed by atoms with Crippen LogP contribution in [-0.2, 0) is 4.74 Å². The van der Waals surface area contributed by atoms with Crippen LogP contribution in [0.5, 0.6) is 5.75 Å². The van der Waals surface area contributed by atoms with Crippen LogP contribution in [-0.4, -0.2) is 25.9 Å². The summed E-state index contributed by atoms with van der Waals surface area (Å²) in [4.78, 5) is 0. The molecule has 2 rings (SSSR count). The van der Waals surface area contributed by atoms with Crippen molar-refractivity contribution in [2.24, 2.45) is 0 Å². The summed E-state index contributed by atoms with van der Waals surface area (Å²) in [7, 11) is 1.70. The minimum Gasteiger partial charge on any atom is -0.497 e. The molecule has 1 aromatic rings. The van der Waals surface area contributed by atoms with Crippen LogP contribution >= 0.6 is 0 Å². The van der Waals surface area contributed by atoms with Crippen LogP contribution < -0.4 is 10.1 Å². The topological polar surface area (TPSA) is 30.5 Å². The Kier molecular flexibility index (Phi) is 5.23. The van der Waals surface area contributed by atoms with Gasteiger partial charge in [-0.3, -0.25) is 0 Å². The highest BCUT2D eigenvalue weighted by Crippen LogP contribution is 2.22. The number of ether oxygens (including phenoxy) is 2. The molecule has 3 atom stereocenters. The molecule has 3 nitrogen and oxygen atoms in total. The van der Waals surface area contributed by atoms with Crippen LogP contribution in [0.1, 0.15) is 44.7 Å². The standard InChI is InChI=1S/C16H25NO2/c1-4-16(13-6-9-14(18-3)10-7-13)17-11-15-8-5-12(2)19-15/h6-7,9-10,12,15-17H,4-5,8,11H2,1-3H3. The fourth-order valence-electron chi connectivity index (χ4n) is 2.64. The van der Waals surface area contributed by atoms with Crippen molar-refractivity contribution in [3.63, 3.8) is 0 Å². The highest BCUT2D eigenvalue weighted by molar-refractivity contribution is 5.29. The molecule has 106 valence electrons. The van der Waals surface area contributed by atoms with E-state index in [0.29, 0.717) is 18.2 Å². The largest absolute Gasteiger partial charge is 0.497 e. The lowest BCUT2D eigenvalue weighted by Gasteiger charge is -2.20. The minimum absolute atomic E-state index is 0.377. The summed E-state index contributed by atoms with van der Waals surface area (Å²) < 4.78 is 11.0. The van der Waals surface area contributed by atoms with Gasteiger partial charge < -0.3 is 14.8 Å². The summed E-state index contributed by atoms with van der Waals surface area (Å²) >= 11 is 0. The van der Waals surface area contributed by atoms with Crippen molar-refractivity contribution >= 4 is 0 Å². The molecule has 1 N–H and O–H groups in total. The van der Waals surface area contributed by atoms with E-state index in [1.807, 2.05) is 12.1 Å². The molecule has 1 heterocycles. The number of hydrogen-bond donors (Lipinski definition) is 1. The van der Waals surface area contributed by atoms with Crippen LogP contribution in [0.2, 0.25) is 0 Å². The SMILES string of the molecule is CCC(NCC1CCC(C)O1)c1ccc(OC)cc1. The van der Waals surface area contributed by atoms with Crippen molar-refractivity contribution in [2.75, 3.05) is 13.7 Å². The smallest absolute Gasteiger partial charge is 0.118 e. The summed E-state index contributed by atoms with van der Waals surface area (Å²) in [5.74, 6) is 0.909. The van der Waals surface area contributed by atoms with Gasteiger partial charge in [0, 0.05) is 12.6 Å². The molecule has 0 saturated carbocycles. The van der Waals surface area contributed by atoms with E-state index in [0.717, 1.165) is 18.7 Å². The Balaban J connectivity index is 1.88. The predicted molar refractivity (Wildman–Crippen MR) is 77.6 cm³/mol. The first kappa shape index (κ1) is 14.4. The van der Waals surface area contributed by atoms with Gasteiger partial charge in [0.15, 0.2) is 0 Å². The molecule has 19 heavy (non-hydrogen) atoms. The molecule has 3 unspecified atom stereocenters. The molecule has 0 aliphatic carbocycles. The second kappa shape index (κ2) is 6.92. The third kappa shape index (κ3) is 3.95. The van der Waals surface area contributed by atoms with Crippen LogP contribution in [0.3, 0.4) is 0 Å². The molecule has 1 saturated heterocycles. The Morgan fingerprint density at radius 2 is 2.05 bits per heavy atom. The van der Waals surface area contributed by atoms with Crippen molar-refractivity contribution in [1.82, 2.24) is 5.32 Å². The zero-order valence-corrected chi connectivity index (χ0v) is 12.2. The summed E-state index contributed by atoms with van der Waals surface area (Å²) in [6.45, 7) is 5.30. The van der Waals surface area contributed by atoms with E-state index in [2.05, 4.69) is 31.3 Å². The Morgan fingerprint density at radius 3 is 2.58 bits per heavy atom. The fourth-order valence-corrected chi connectivity index (χ4v) is 2.64. The number of hydrogen-bond acceptors (Lipinski definition) is 3. The first-order valence-electron chi connectivity index (χ1n) is 7.25. The Hall–Kier alpha value is -1.06. The second-order valence-electron chi connectivity index (χ2n) is 5.29. The molecular formula is C16H25NO2. The lowest BCUT2D eigenvalue weighted by molar-refractivity contribution is 0.0542. The summed E-state index contributed by atoms with van der Waals surface area (Å²) in [6.07, 6.45) is 4.24. The van der Waals surface area contributed by atoms with Crippen LogP contribution in [0.15, 0.2) is 24.3 Å². The van der Waals surface area contributed by atoms with Crippen LogP contribution in [0, 0.1) is 0 Å². The molecule has 0 aromatic heterocycles. The van der Waals surface area contributed by atoms with Crippen molar-refractivity contribution in [1.29, 1.82) is 0 Å². The molecule has 3 heteroatoms. The first-order chi connectivity index (χ1) is 9.22. The van der Waals surface area contributed by atoms with Crippen LogP contribution in [0.4, 0.5) is 0 Å². The van der Waals surface area contributed by atoms with Gasteiger partial charge in [0.1, 0.15) is 5.75 Å². The van der Waals surface area contributed by atoms with E-state index in [1.54, 1.807) is 7.11 Å². The molecule has 1 aromatic carbocycles. The molecular weight excluding hydrogens is 238 g/mol. The van der Waals surface area contributed by atoms with E-state index in [-0.39, 0.29) is 0 Å². The highest BCUT2D eigenvalue weighted by Gasteiger charge is 2.22. The van der Waals surface area contributed by atoms with Crippen molar-refractivity contribution in [2.45, 2.75) is 51.4 Å². The normalized spacial score (nSPS) is 24.4. The average molecular weight is 263 g/mol. The third-order valence-corrected chi connectivity index (χ3v) is 3.84. The summed E-state index contributed by atoms with van der Waals surface area (Å²) in [5, 5.41) is 3.62. The maximum atomic E-state index is 5.85. The lowest BCUT2D eigenvalue weighted by atomic mass is 10.0. The maximum Gasteiger partial charge on any atom is 0.118 e. The minimum atomic E-state index is 0.377. The van der Waals surface area contributed by atoms with Crippen molar-refractivity contribution in [3.05, 3.63) is 29.8 Å². The van der Waals surface area contributed by atoms with E-state index < -0.39 is 0 Å². The Bertz CT molecular complexity index is 377. The third-order valence-electron chi connectivity index (χ3n) is 3.84. The summed E-state index contributed by atoms with van der Waals surface area (Å²) in [6, 6.07) is 8.71. The zero-order valence-electron chi connectivity index (χ0n) is 12.2. The van der Waals surface area contributed by atoms with Gasteiger partial charge in [0.25, 0.3) is 0 Å². The van der Waals surface area contributed by atoms with Gasteiger partial charge in [0.2, 0.25) is 0 Å². The highest BCUT2D eigenvalue weighted by atomic mass is 16.5. The lowest BCUT2D eigenvalue weighted by Crippen LogP contribution is -2.30. The molecule has 1 aliphatic heterocycles. The van der Waals surface area contributed by atoms with Crippen molar-refractivity contribution < 1.29 is 9.47 Å². The average Bonchev–Trinajstić information content (AvgIpc) is 2.86. The molecule has 0 bridgehead atoms. The molecule has 0 amide bonds. The quantitative estimate of drug-likeness (QED) is 0.854. The summed E-state index contributed by atoms with van der Waals surface area (Å²) in [5.41, 5.74) is 1.31. The number of methoxy groups -OCH3 is 1. The van der Waals surface area contributed by atoms with Gasteiger partial charge >= 0.3 is 0 Å². The fraction of sp³-hybridized carbons (Fsp3) is 0.625. The van der Waals surface area contributed by atoms with E-state index >= 15 is 0 Å². The first-order valence-corrected chi connectivity index (χ1v) is 7.25. The van der Waals surface area contributed by atoms with Gasteiger partial charge in [0.05, 0.1) is 19.3 Å². The second-order valence-corrected chi connectivity index (χ2v) is 5.29. The number of rotatable bonds is 6. The number of nitrogens with one attached hydrogen (secondary N) is 1. The molecule has 1 fully saturated rings. The maximum absolute atomic E-state index is 5.85. The molecule has 0 spiro atoms. The zero-order chi connectivity index (χ0) is 13.7. The molecule has 1 aliphatic rings. The van der Waals surface area contributed by atoms with Gasteiger partial charge in [-0.2, -0.15) is 0 Å². The van der Waals surface area contributed by atoms with Gasteiger partial charge in [-0.05, 0) is 43.9 Å². The molecule has 0 radical (unpaired) electrons. The van der Waals surface area contributed by atoms with E-state index in [9.17, 15) is 0 Å². The van der Waals surface area contributed by atoms with E-state index in [4.69, 9.17) is 9.47 Å². The van der Waals surface area contributed by atoms with Gasteiger partial charge in [-0.1, -0.05) is 19.1 Å². The number of benzene rings is 1. The van der Waals surface area contributed by atoms with Gasteiger partial charge in [-0.15, -0.1) is 0 Å². The van der Waals surface area contributed by atoms with Crippen molar-refractivity contribution in [3.8, 4) is 5.75 Å². The van der Waals surface area contributed by atoms with Crippen LogP contribution in [0.25, 0.3) is 0 Å². The van der Waals surface area contributed by atoms with Gasteiger partial charge in [-0.25, -0.2) is 0 Å². The van der Waals surface area contributed by atoms with E-state index in [1.165, 1.54) is 18.4 Å².